The van der Waals surface area contributed by atoms with Crippen LogP contribution in [0.3, 0.4) is 0 Å². The van der Waals surface area contributed by atoms with E-state index < -0.39 is 20.3 Å². The van der Waals surface area contributed by atoms with Crippen LogP contribution in [-0.2, 0) is 28.2 Å². The Morgan fingerprint density at radius 1 is 0.833 bits per heavy atom. The fourth-order valence-electron chi connectivity index (χ4n) is 1.47. The Hall–Kier alpha value is -1.76. The second-order valence-electron chi connectivity index (χ2n) is 6.76. The average molecular weight is 359 g/mol. The summed E-state index contributed by atoms with van der Waals surface area (Å²) in [7, 11) is 1.87. The summed E-state index contributed by atoms with van der Waals surface area (Å²) in [6, 6.07) is 0. The van der Waals surface area contributed by atoms with Gasteiger partial charge in [0.25, 0.3) is 8.32 Å². The summed E-state index contributed by atoms with van der Waals surface area (Å²) in [4.78, 5) is 23.3. The lowest BCUT2D eigenvalue weighted by Crippen LogP contribution is -2.41. The largest absolute Gasteiger partial charge is 0.539 e. The molecule has 0 unspecified atom stereocenters. The highest BCUT2D eigenvalue weighted by Crippen LogP contribution is 2.38. The average Bonchev–Trinajstić information content (AvgIpc) is 2.51. The van der Waals surface area contributed by atoms with Crippen molar-refractivity contribution in [1.29, 1.82) is 0 Å². The van der Waals surface area contributed by atoms with Crippen LogP contribution in [0.4, 0.5) is 0 Å². The highest BCUT2D eigenvalue weighted by Gasteiger charge is 2.40. The van der Waals surface area contributed by atoms with Crippen molar-refractivity contribution >= 4 is 20.3 Å². The Balaban J connectivity index is 5.09. The lowest BCUT2D eigenvalue weighted by atomic mass is 10.2. The molecule has 24 heavy (non-hydrogen) atoms. The molecule has 7 heteroatoms. The predicted molar refractivity (Wildman–Crippen MR) is 94.7 cm³/mol. The number of esters is 2. The minimum atomic E-state index is -2.14. The molecule has 0 amide bonds. The monoisotopic (exact) mass is 358 g/mol. The van der Waals surface area contributed by atoms with Crippen molar-refractivity contribution in [2.24, 2.45) is 0 Å². The van der Waals surface area contributed by atoms with Crippen LogP contribution < -0.4 is 0 Å². The summed E-state index contributed by atoms with van der Waals surface area (Å²) in [5.41, 5.74) is 0. The van der Waals surface area contributed by atoms with Gasteiger partial charge < -0.3 is 18.6 Å². The van der Waals surface area contributed by atoms with Crippen molar-refractivity contribution in [3.63, 3.8) is 0 Å². The number of methoxy groups -OCH3 is 3. The topological polar surface area (TPSA) is 71.1 Å². The van der Waals surface area contributed by atoms with E-state index in [0.717, 1.165) is 0 Å². The number of carbonyl (C=O) groups excluding carboxylic acids is 2. The molecule has 0 atom stereocenters. The van der Waals surface area contributed by atoms with Crippen molar-refractivity contribution < 1.29 is 28.2 Å². The summed E-state index contributed by atoms with van der Waals surface area (Å²) in [6.07, 6.45) is 4.31. The summed E-state index contributed by atoms with van der Waals surface area (Å²) in [5.74, 6) is -0.679. The Labute approximate surface area is 145 Å². The van der Waals surface area contributed by atoms with Crippen LogP contribution in [0.2, 0.25) is 18.1 Å². The number of ether oxygens (including phenoxy) is 3. The van der Waals surface area contributed by atoms with Crippen molar-refractivity contribution in [2.75, 3.05) is 21.3 Å². The minimum Gasteiger partial charge on any atom is -0.539 e. The normalized spacial score (nSPS) is 13.3. The zero-order valence-corrected chi connectivity index (χ0v) is 17.0. The Kier molecular flexibility index (Phi) is 8.81. The van der Waals surface area contributed by atoms with Crippen LogP contribution >= 0.6 is 0 Å². The van der Waals surface area contributed by atoms with Gasteiger partial charge in [0.15, 0.2) is 11.5 Å². The van der Waals surface area contributed by atoms with Crippen LogP contribution in [0.25, 0.3) is 0 Å². The lowest BCUT2D eigenvalue weighted by molar-refractivity contribution is -0.140. The molecule has 0 saturated heterocycles. The minimum absolute atomic E-state index is 0.0336. The van der Waals surface area contributed by atoms with Gasteiger partial charge in [-0.05, 0) is 43.1 Å². The number of unbranched alkanes of at least 4 members (excludes halogenated alkanes) is 1. The van der Waals surface area contributed by atoms with Crippen LogP contribution in [0.5, 0.6) is 0 Å². The molecule has 0 N–H and O–H groups in total. The van der Waals surface area contributed by atoms with Gasteiger partial charge in [-0.1, -0.05) is 20.8 Å². The Morgan fingerprint density at radius 2 is 1.25 bits per heavy atom. The molecule has 0 bridgehead atoms. The SMILES string of the molecule is COC(=O)/C(=C/CC/C=C(/O[Si](C)(C)C(C)(C)C)C(=O)OC)OC. The van der Waals surface area contributed by atoms with E-state index in [2.05, 4.69) is 38.6 Å². The summed E-state index contributed by atoms with van der Waals surface area (Å²) >= 11 is 0. The first-order chi connectivity index (χ1) is 11.0. The molecule has 0 aromatic carbocycles. The van der Waals surface area contributed by atoms with Gasteiger partial charge in [0.1, 0.15) is 0 Å². The number of rotatable bonds is 8. The number of hydrogen-bond donors (Lipinski definition) is 0. The maximum atomic E-state index is 11.9. The summed E-state index contributed by atoms with van der Waals surface area (Å²) in [5, 5.41) is -0.0336. The molecule has 0 heterocycles. The maximum absolute atomic E-state index is 11.9. The van der Waals surface area contributed by atoms with Gasteiger partial charge in [0.05, 0.1) is 21.3 Å². The number of carbonyl (C=O) groups is 2. The second-order valence-corrected chi connectivity index (χ2v) is 11.5. The van der Waals surface area contributed by atoms with Gasteiger partial charge in [0.2, 0.25) is 0 Å². The van der Waals surface area contributed by atoms with E-state index in [-0.39, 0.29) is 16.6 Å². The molecule has 0 fully saturated rings. The van der Waals surface area contributed by atoms with E-state index in [1.807, 2.05) is 0 Å². The van der Waals surface area contributed by atoms with Gasteiger partial charge in [-0.2, -0.15) is 0 Å². The second kappa shape index (κ2) is 9.51. The van der Waals surface area contributed by atoms with E-state index in [9.17, 15) is 9.59 Å². The van der Waals surface area contributed by atoms with Crippen LogP contribution in [-0.4, -0.2) is 41.6 Å². The van der Waals surface area contributed by atoms with Crippen LogP contribution in [0.15, 0.2) is 23.7 Å². The first kappa shape index (κ1) is 22.2. The zero-order chi connectivity index (χ0) is 19.0. The Morgan fingerprint density at radius 3 is 1.62 bits per heavy atom. The zero-order valence-electron chi connectivity index (χ0n) is 16.0. The lowest BCUT2D eigenvalue weighted by Gasteiger charge is -2.36. The molecule has 0 radical (unpaired) electrons. The van der Waals surface area contributed by atoms with Gasteiger partial charge in [-0.15, -0.1) is 0 Å². The quantitative estimate of drug-likeness (QED) is 0.217. The summed E-state index contributed by atoms with van der Waals surface area (Å²) < 4.78 is 20.4. The van der Waals surface area contributed by atoms with E-state index >= 15 is 0 Å². The van der Waals surface area contributed by atoms with Gasteiger partial charge >= 0.3 is 11.9 Å². The van der Waals surface area contributed by atoms with E-state index in [1.165, 1.54) is 21.3 Å². The Bertz CT molecular complexity index is 500. The fraction of sp³-hybridized carbons (Fsp3) is 0.647. The molecule has 0 spiro atoms. The van der Waals surface area contributed by atoms with Crippen molar-refractivity contribution in [1.82, 2.24) is 0 Å². The molecule has 0 rings (SSSR count). The van der Waals surface area contributed by atoms with Gasteiger partial charge in [-0.3, -0.25) is 0 Å². The summed E-state index contributed by atoms with van der Waals surface area (Å²) in [6.45, 7) is 10.4. The number of allylic oxidation sites excluding steroid dienone is 2. The van der Waals surface area contributed by atoms with E-state index in [4.69, 9.17) is 13.9 Å². The highest BCUT2D eigenvalue weighted by atomic mass is 28.4. The van der Waals surface area contributed by atoms with E-state index in [0.29, 0.717) is 12.8 Å². The molecule has 0 saturated carbocycles. The molecule has 6 nitrogen and oxygen atoms in total. The first-order valence-electron chi connectivity index (χ1n) is 7.80. The molecule has 0 aromatic heterocycles. The molecule has 0 aliphatic heterocycles. The molecule has 0 aliphatic rings. The number of hydrogen-bond acceptors (Lipinski definition) is 6. The van der Waals surface area contributed by atoms with Gasteiger partial charge in [-0.25, -0.2) is 9.59 Å². The van der Waals surface area contributed by atoms with Crippen molar-refractivity contribution in [3.8, 4) is 0 Å². The van der Waals surface area contributed by atoms with Crippen LogP contribution in [0, 0.1) is 0 Å². The van der Waals surface area contributed by atoms with Crippen molar-refractivity contribution in [3.05, 3.63) is 23.7 Å². The van der Waals surface area contributed by atoms with Gasteiger partial charge in [0, 0.05) is 0 Å². The third kappa shape index (κ3) is 6.78. The van der Waals surface area contributed by atoms with E-state index in [1.54, 1.807) is 12.2 Å². The molecular formula is C17H30O6Si. The molecule has 138 valence electrons. The fourth-order valence-corrected chi connectivity index (χ4v) is 2.50. The third-order valence-corrected chi connectivity index (χ3v) is 8.33. The molecule has 0 aliphatic carbocycles. The maximum Gasteiger partial charge on any atom is 0.372 e. The predicted octanol–water partition coefficient (Wildman–Crippen LogP) is 3.55. The third-order valence-electron chi connectivity index (χ3n) is 3.99. The highest BCUT2D eigenvalue weighted by molar-refractivity contribution is 6.74. The molecule has 0 aromatic rings. The standard InChI is InChI=1S/C17H30O6Si/c1-17(2,3)24(7,8)23-14(16(19)22-6)12-10-9-11-13(20-4)15(18)21-5/h11-12H,9-10H2,1-8H3/b13-11-,14-12+. The first-order valence-corrected chi connectivity index (χ1v) is 10.7. The molecular weight excluding hydrogens is 328 g/mol. The van der Waals surface area contributed by atoms with Crippen molar-refractivity contribution in [2.45, 2.75) is 51.7 Å². The van der Waals surface area contributed by atoms with Crippen LogP contribution in [0.1, 0.15) is 33.6 Å². The smallest absolute Gasteiger partial charge is 0.372 e.